The van der Waals surface area contributed by atoms with E-state index < -0.39 is 0 Å². The summed E-state index contributed by atoms with van der Waals surface area (Å²) in [6, 6.07) is 13.4. The normalized spacial score (nSPS) is 16.5. The maximum atomic E-state index is 12.9. The highest BCUT2D eigenvalue weighted by Crippen LogP contribution is 2.26. The van der Waals surface area contributed by atoms with Crippen LogP contribution in [0.3, 0.4) is 0 Å². The van der Waals surface area contributed by atoms with Crippen LogP contribution in [0.1, 0.15) is 18.4 Å². The Balaban J connectivity index is 1.35. The van der Waals surface area contributed by atoms with Crippen LogP contribution in [0.4, 0.5) is 0 Å². The van der Waals surface area contributed by atoms with Crippen molar-refractivity contribution in [2.24, 2.45) is 5.92 Å². The van der Waals surface area contributed by atoms with Gasteiger partial charge in [0.1, 0.15) is 5.75 Å². The first-order valence-electron chi connectivity index (χ1n) is 11.5. The second-order valence-corrected chi connectivity index (χ2v) is 10.3. The minimum Gasteiger partial charge on any atom is -0.497 e. The molecule has 35 heavy (non-hydrogen) atoms. The number of hydrogen-bond acceptors (Lipinski definition) is 6. The fourth-order valence-electron chi connectivity index (χ4n) is 4.18. The molecule has 1 fully saturated rings. The van der Waals surface area contributed by atoms with Crippen molar-refractivity contribution in [3.8, 4) is 16.9 Å². The third-order valence-electron chi connectivity index (χ3n) is 6.07. The Labute approximate surface area is 220 Å². The molecule has 1 aliphatic heterocycles. The van der Waals surface area contributed by atoms with Gasteiger partial charge in [0, 0.05) is 24.0 Å². The summed E-state index contributed by atoms with van der Waals surface area (Å²) in [5.41, 5.74) is 2.97. The van der Waals surface area contributed by atoms with Crippen LogP contribution < -0.4 is 15.4 Å². The molecule has 0 aliphatic carbocycles. The van der Waals surface area contributed by atoms with Gasteiger partial charge in [-0.15, -0.1) is 0 Å². The topological polar surface area (TPSA) is 76.1 Å². The van der Waals surface area contributed by atoms with Crippen molar-refractivity contribution in [1.82, 2.24) is 20.6 Å². The fourth-order valence-corrected chi connectivity index (χ4v) is 5.10. The second-order valence-electron chi connectivity index (χ2n) is 8.50. The van der Waals surface area contributed by atoms with Gasteiger partial charge in [0.25, 0.3) is 0 Å². The lowest BCUT2D eigenvalue weighted by atomic mass is 9.87. The Hall–Kier alpha value is -2.32. The number of hydrogen-bond donors (Lipinski definition) is 2. The van der Waals surface area contributed by atoms with Crippen LogP contribution in [-0.2, 0) is 11.2 Å². The van der Waals surface area contributed by atoms with E-state index in [4.69, 9.17) is 27.9 Å². The van der Waals surface area contributed by atoms with Gasteiger partial charge < -0.3 is 15.4 Å². The van der Waals surface area contributed by atoms with E-state index in [0.717, 1.165) is 48.4 Å². The SMILES string of the molecule is COc1ccc(-c2cnc(SCC(=O)NC(Cc3ccc(Cl)c(Cl)c3)C3CCCNC3)nc2)cc1. The number of carbonyl (C=O) groups is 1. The molecule has 0 bridgehead atoms. The summed E-state index contributed by atoms with van der Waals surface area (Å²) in [6.45, 7) is 1.90. The summed E-state index contributed by atoms with van der Waals surface area (Å²) in [7, 11) is 1.64. The first-order chi connectivity index (χ1) is 17.0. The smallest absolute Gasteiger partial charge is 0.230 e. The van der Waals surface area contributed by atoms with Crippen LogP contribution in [0.2, 0.25) is 10.0 Å². The number of benzene rings is 2. The van der Waals surface area contributed by atoms with E-state index in [-0.39, 0.29) is 17.7 Å². The highest BCUT2D eigenvalue weighted by Gasteiger charge is 2.25. The molecule has 2 unspecified atom stereocenters. The minimum atomic E-state index is -0.0338. The monoisotopic (exact) mass is 530 g/mol. The zero-order valence-electron chi connectivity index (χ0n) is 19.5. The number of nitrogens with zero attached hydrogens (tertiary/aromatic N) is 2. The summed E-state index contributed by atoms with van der Waals surface area (Å²) < 4.78 is 5.20. The average Bonchev–Trinajstić information content (AvgIpc) is 2.90. The molecule has 4 rings (SSSR count). The highest BCUT2D eigenvalue weighted by molar-refractivity contribution is 7.99. The van der Waals surface area contributed by atoms with Gasteiger partial charge in [-0.3, -0.25) is 4.79 Å². The van der Waals surface area contributed by atoms with Gasteiger partial charge in [-0.1, -0.05) is 53.2 Å². The van der Waals surface area contributed by atoms with Crippen LogP contribution in [0, 0.1) is 5.92 Å². The number of thioether (sulfide) groups is 1. The maximum Gasteiger partial charge on any atom is 0.230 e. The van der Waals surface area contributed by atoms with Crippen molar-refractivity contribution < 1.29 is 9.53 Å². The molecule has 1 saturated heterocycles. The molecule has 0 radical (unpaired) electrons. The molecule has 184 valence electrons. The third-order valence-corrected chi connectivity index (χ3v) is 7.69. The summed E-state index contributed by atoms with van der Waals surface area (Å²) in [4.78, 5) is 21.7. The molecule has 0 spiro atoms. The number of ether oxygens (including phenoxy) is 1. The lowest BCUT2D eigenvalue weighted by Gasteiger charge is -2.31. The number of carbonyl (C=O) groups excluding carboxylic acids is 1. The Morgan fingerprint density at radius 3 is 2.57 bits per heavy atom. The summed E-state index contributed by atoms with van der Waals surface area (Å²) in [6.07, 6.45) is 6.42. The zero-order valence-corrected chi connectivity index (χ0v) is 21.8. The predicted molar refractivity (Wildman–Crippen MR) is 142 cm³/mol. The summed E-state index contributed by atoms with van der Waals surface area (Å²) in [5.74, 6) is 1.37. The molecule has 2 aromatic carbocycles. The fraction of sp³-hybridized carbons (Fsp3) is 0.346. The van der Waals surface area contributed by atoms with E-state index in [1.807, 2.05) is 36.4 Å². The Kier molecular flexibility index (Phi) is 9.26. The summed E-state index contributed by atoms with van der Waals surface area (Å²) in [5, 5.41) is 8.32. The molecule has 3 aromatic rings. The minimum absolute atomic E-state index is 0.00603. The Morgan fingerprint density at radius 1 is 1.14 bits per heavy atom. The van der Waals surface area contributed by atoms with E-state index in [2.05, 4.69) is 20.6 Å². The van der Waals surface area contributed by atoms with E-state index in [1.54, 1.807) is 25.6 Å². The lowest BCUT2D eigenvalue weighted by molar-refractivity contribution is -0.119. The van der Waals surface area contributed by atoms with Crippen LogP contribution in [0.25, 0.3) is 11.1 Å². The van der Waals surface area contributed by atoms with Gasteiger partial charge in [0.2, 0.25) is 5.91 Å². The van der Waals surface area contributed by atoms with E-state index >= 15 is 0 Å². The average molecular weight is 532 g/mol. The number of nitrogens with one attached hydrogen (secondary N) is 2. The van der Waals surface area contributed by atoms with Crippen LogP contribution in [0.15, 0.2) is 60.0 Å². The predicted octanol–water partition coefficient (Wildman–Crippen LogP) is 5.28. The molecule has 2 N–H and O–H groups in total. The number of amides is 1. The highest BCUT2D eigenvalue weighted by atomic mass is 35.5. The van der Waals surface area contributed by atoms with Gasteiger partial charge in [-0.2, -0.15) is 0 Å². The molecule has 2 heterocycles. The van der Waals surface area contributed by atoms with E-state index in [1.165, 1.54) is 11.8 Å². The van der Waals surface area contributed by atoms with Crippen molar-refractivity contribution in [2.45, 2.75) is 30.5 Å². The largest absolute Gasteiger partial charge is 0.497 e. The first-order valence-corrected chi connectivity index (χ1v) is 13.3. The Bertz CT molecular complexity index is 1120. The van der Waals surface area contributed by atoms with Crippen molar-refractivity contribution in [3.05, 3.63) is 70.5 Å². The van der Waals surface area contributed by atoms with Gasteiger partial charge >= 0.3 is 0 Å². The van der Waals surface area contributed by atoms with Crippen molar-refractivity contribution in [1.29, 1.82) is 0 Å². The molecular formula is C26H28Cl2N4O2S. The molecule has 6 nitrogen and oxygen atoms in total. The van der Waals surface area contributed by atoms with Gasteiger partial charge in [0.15, 0.2) is 5.16 Å². The zero-order chi connectivity index (χ0) is 24.6. The van der Waals surface area contributed by atoms with Gasteiger partial charge in [0.05, 0.1) is 22.9 Å². The molecule has 0 saturated carbocycles. The first kappa shape index (κ1) is 25.8. The second kappa shape index (κ2) is 12.6. The van der Waals surface area contributed by atoms with Crippen LogP contribution >= 0.6 is 35.0 Å². The third kappa shape index (κ3) is 7.34. The van der Waals surface area contributed by atoms with Crippen LogP contribution in [0.5, 0.6) is 5.75 Å². The van der Waals surface area contributed by atoms with E-state index in [0.29, 0.717) is 27.5 Å². The Morgan fingerprint density at radius 2 is 1.91 bits per heavy atom. The molecular weight excluding hydrogens is 503 g/mol. The van der Waals surface area contributed by atoms with Crippen molar-refractivity contribution >= 4 is 40.9 Å². The van der Waals surface area contributed by atoms with Crippen molar-refractivity contribution in [2.75, 3.05) is 26.0 Å². The molecule has 1 aliphatic rings. The van der Waals surface area contributed by atoms with E-state index in [9.17, 15) is 4.79 Å². The van der Waals surface area contributed by atoms with Crippen molar-refractivity contribution in [3.63, 3.8) is 0 Å². The van der Waals surface area contributed by atoms with Crippen LogP contribution in [-0.4, -0.2) is 47.9 Å². The number of aromatic nitrogens is 2. The standard InChI is InChI=1S/C26H28Cl2N4O2S/c1-34-21-7-5-18(6-8-21)20-14-30-26(31-15-20)35-16-25(33)32-24(19-3-2-10-29-13-19)12-17-4-9-22(27)23(28)11-17/h4-9,11,14-15,19,24,29H,2-3,10,12-13,16H2,1H3,(H,32,33). The molecule has 1 aromatic heterocycles. The molecule has 1 amide bonds. The number of methoxy groups -OCH3 is 1. The number of piperidine rings is 1. The van der Waals surface area contributed by atoms with Gasteiger partial charge in [-0.25, -0.2) is 9.97 Å². The summed E-state index contributed by atoms with van der Waals surface area (Å²) >= 11 is 13.6. The molecule has 9 heteroatoms. The number of rotatable bonds is 9. The maximum absolute atomic E-state index is 12.9. The number of halogens is 2. The quantitative estimate of drug-likeness (QED) is 0.289. The molecule has 2 atom stereocenters. The lowest BCUT2D eigenvalue weighted by Crippen LogP contribution is -2.48. The van der Waals surface area contributed by atoms with Gasteiger partial charge in [-0.05, 0) is 73.7 Å².